The third-order valence-corrected chi connectivity index (χ3v) is 4.36. The van der Waals surface area contributed by atoms with Gasteiger partial charge in [-0.3, -0.25) is 4.79 Å². The fourth-order valence-electron chi connectivity index (χ4n) is 2.05. The van der Waals surface area contributed by atoms with Crippen molar-refractivity contribution in [1.29, 1.82) is 0 Å². The normalized spacial score (nSPS) is 17.8. The molecule has 1 atom stereocenters. The number of carbonyl (C=O) groups is 1. The van der Waals surface area contributed by atoms with Gasteiger partial charge < -0.3 is 9.64 Å². The maximum atomic E-state index is 11.3. The number of esters is 1. The first kappa shape index (κ1) is 15.2. The van der Waals surface area contributed by atoms with Crippen LogP contribution in [0.1, 0.15) is 6.92 Å². The van der Waals surface area contributed by atoms with Gasteiger partial charge in [-0.2, -0.15) is 0 Å². The van der Waals surface area contributed by atoms with Crippen LogP contribution in [0.4, 0.5) is 5.69 Å². The number of piperazine rings is 1. The molecule has 5 nitrogen and oxygen atoms in total. The Morgan fingerprint density at radius 2 is 1.90 bits per heavy atom. The summed E-state index contributed by atoms with van der Waals surface area (Å²) in [6, 6.07) is 10.2. The van der Waals surface area contributed by atoms with Crippen LogP contribution in [0.5, 0.6) is 0 Å². The van der Waals surface area contributed by atoms with Crippen LogP contribution in [0, 0.1) is 0 Å². The van der Waals surface area contributed by atoms with Crippen molar-refractivity contribution in [2.45, 2.75) is 13.0 Å². The number of hydrogen-bond acceptors (Lipinski definition) is 6. The Bertz CT molecular complexity index is 422. The number of ether oxygens (including phenoxy) is 1. The summed E-state index contributed by atoms with van der Waals surface area (Å²) >= 11 is 1.50. The first-order valence-electron chi connectivity index (χ1n) is 6.76. The molecule has 0 amide bonds. The predicted octanol–water partition coefficient (Wildman–Crippen LogP) is 1.52. The molecule has 1 aromatic carbocycles. The van der Waals surface area contributed by atoms with Gasteiger partial charge in [-0.15, -0.1) is 0 Å². The SMILES string of the molecule is COC(=O)[C@@H](C)NSN1CCN(c2ccccc2)CC1. The van der Waals surface area contributed by atoms with E-state index in [9.17, 15) is 4.79 Å². The quantitative estimate of drug-likeness (QED) is 0.656. The van der Waals surface area contributed by atoms with Crippen molar-refractivity contribution < 1.29 is 9.53 Å². The zero-order valence-corrected chi connectivity index (χ0v) is 12.7. The van der Waals surface area contributed by atoms with Gasteiger partial charge in [-0.05, 0) is 19.1 Å². The van der Waals surface area contributed by atoms with E-state index in [1.54, 1.807) is 6.92 Å². The molecule has 1 aromatic rings. The summed E-state index contributed by atoms with van der Waals surface area (Å²) in [5.74, 6) is -0.236. The molecule has 1 saturated heterocycles. The molecule has 1 aliphatic heterocycles. The first-order chi connectivity index (χ1) is 9.70. The van der Waals surface area contributed by atoms with Gasteiger partial charge in [0.1, 0.15) is 6.04 Å². The molecule has 0 aromatic heterocycles. The summed E-state index contributed by atoms with van der Waals surface area (Å²) in [4.78, 5) is 13.7. The van der Waals surface area contributed by atoms with Crippen LogP contribution in [0.15, 0.2) is 30.3 Å². The molecule has 0 spiro atoms. The van der Waals surface area contributed by atoms with Crippen molar-refractivity contribution in [2.75, 3.05) is 38.2 Å². The number of carbonyl (C=O) groups excluding carboxylic acids is 1. The van der Waals surface area contributed by atoms with Crippen LogP contribution in [-0.4, -0.2) is 49.6 Å². The Morgan fingerprint density at radius 3 is 2.50 bits per heavy atom. The highest BCUT2D eigenvalue weighted by Gasteiger charge is 2.19. The van der Waals surface area contributed by atoms with Crippen molar-refractivity contribution in [3.05, 3.63) is 30.3 Å². The Hall–Kier alpha value is -1.24. The minimum absolute atomic E-state index is 0.236. The Balaban J connectivity index is 1.73. The molecular weight excluding hydrogens is 274 g/mol. The lowest BCUT2D eigenvalue weighted by molar-refractivity contribution is -0.142. The van der Waals surface area contributed by atoms with Crippen molar-refractivity contribution in [3.8, 4) is 0 Å². The van der Waals surface area contributed by atoms with E-state index in [0.717, 1.165) is 26.2 Å². The second-order valence-corrected chi connectivity index (χ2v) is 5.64. The highest BCUT2D eigenvalue weighted by Crippen LogP contribution is 2.18. The minimum Gasteiger partial charge on any atom is -0.468 e. The van der Waals surface area contributed by atoms with Gasteiger partial charge in [-0.25, -0.2) is 9.03 Å². The topological polar surface area (TPSA) is 44.8 Å². The Labute approximate surface area is 124 Å². The summed E-state index contributed by atoms with van der Waals surface area (Å²) < 4.78 is 10.0. The van der Waals surface area contributed by atoms with Gasteiger partial charge in [0.2, 0.25) is 0 Å². The Kier molecular flexibility index (Phi) is 5.70. The second kappa shape index (κ2) is 7.52. The van der Waals surface area contributed by atoms with Gasteiger partial charge in [0.15, 0.2) is 0 Å². The minimum atomic E-state index is -0.294. The van der Waals surface area contributed by atoms with E-state index in [-0.39, 0.29) is 12.0 Å². The van der Waals surface area contributed by atoms with Gasteiger partial charge >= 0.3 is 5.97 Å². The first-order valence-corrected chi connectivity index (χ1v) is 7.53. The van der Waals surface area contributed by atoms with Crippen LogP contribution in [0.25, 0.3) is 0 Å². The largest absolute Gasteiger partial charge is 0.468 e. The van der Waals surface area contributed by atoms with Gasteiger partial charge in [-0.1, -0.05) is 18.2 Å². The van der Waals surface area contributed by atoms with Crippen molar-refractivity contribution >= 4 is 23.8 Å². The maximum absolute atomic E-state index is 11.3. The lowest BCUT2D eigenvalue weighted by atomic mass is 10.2. The van der Waals surface area contributed by atoms with Crippen molar-refractivity contribution in [1.82, 2.24) is 9.03 Å². The molecule has 0 bridgehead atoms. The lowest BCUT2D eigenvalue weighted by Gasteiger charge is -2.35. The van der Waals surface area contributed by atoms with E-state index in [1.807, 2.05) is 6.07 Å². The van der Waals surface area contributed by atoms with Crippen LogP contribution in [0.3, 0.4) is 0 Å². The average Bonchev–Trinajstić information content (AvgIpc) is 2.53. The average molecular weight is 295 g/mol. The van der Waals surface area contributed by atoms with Crippen LogP contribution >= 0.6 is 12.1 Å². The second-order valence-electron chi connectivity index (χ2n) is 4.71. The van der Waals surface area contributed by atoms with E-state index >= 15 is 0 Å². The Morgan fingerprint density at radius 1 is 1.25 bits per heavy atom. The molecule has 6 heteroatoms. The fraction of sp³-hybridized carbons (Fsp3) is 0.500. The maximum Gasteiger partial charge on any atom is 0.323 e. The summed E-state index contributed by atoms with van der Waals surface area (Å²) in [5, 5.41) is 0. The van der Waals surface area contributed by atoms with E-state index in [4.69, 9.17) is 0 Å². The molecule has 0 radical (unpaired) electrons. The number of methoxy groups -OCH3 is 1. The molecule has 110 valence electrons. The molecule has 1 heterocycles. The highest BCUT2D eigenvalue weighted by atomic mass is 32.2. The molecule has 0 aliphatic carbocycles. The molecule has 0 saturated carbocycles. The van der Waals surface area contributed by atoms with E-state index in [1.165, 1.54) is 24.9 Å². The molecular formula is C14H21N3O2S. The number of nitrogens with one attached hydrogen (secondary N) is 1. The third kappa shape index (κ3) is 4.13. The predicted molar refractivity (Wildman–Crippen MR) is 82.4 cm³/mol. The molecule has 1 N–H and O–H groups in total. The molecule has 1 fully saturated rings. The number of anilines is 1. The number of benzene rings is 1. The van der Waals surface area contributed by atoms with E-state index < -0.39 is 0 Å². The number of rotatable bonds is 5. The molecule has 1 aliphatic rings. The van der Waals surface area contributed by atoms with E-state index in [2.05, 4.69) is 42.9 Å². The molecule has 20 heavy (non-hydrogen) atoms. The van der Waals surface area contributed by atoms with E-state index in [0.29, 0.717) is 0 Å². The third-order valence-electron chi connectivity index (χ3n) is 3.27. The lowest BCUT2D eigenvalue weighted by Crippen LogP contribution is -2.45. The summed E-state index contributed by atoms with van der Waals surface area (Å²) in [6.07, 6.45) is 0. The van der Waals surface area contributed by atoms with Gasteiger partial charge in [0, 0.05) is 44.0 Å². The van der Waals surface area contributed by atoms with Crippen LogP contribution in [-0.2, 0) is 9.53 Å². The highest BCUT2D eigenvalue weighted by molar-refractivity contribution is 7.95. The summed E-state index contributed by atoms with van der Waals surface area (Å²) in [6.45, 7) is 5.70. The monoisotopic (exact) mass is 295 g/mol. The van der Waals surface area contributed by atoms with Crippen molar-refractivity contribution in [2.24, 2.45) is 0 Å². The van der Waals surface area contributed by atoms with Crippen LogP contribution < -0.4 is 9.62 Å². The zero-order chi connectivity index (χ0) is 14.4. The summed E-state index contributed by atoms with van der Waals surface area (Å²) in [7, 11) is 1.41. The smallest absolute Gasteiger partial charge is 0.323 e. The number of nitrogens with zero attached hydrogens (tertiary/aromatic N) is 2. The van der Waals surface area contributed by atoms with Gasteiger partial charge in [0.25, 0.3) is 0 Å². The van der Waals surface area contributed by atoms with Crippen molar-refractivity contribution in [3.63, 3.8) is 0 Å². The standard InChI is InChI=1S/C14H21N3O2S/c1-12(14(18)19-2)15-20-17-10-8-16(9-11-17)13-6-4-3-5-7-13/h3-7,12,15H,8-11H2,1-2H3/t12-/m1/s1. The molecule has 0 unspecified atom stereocenters. The van der Waals surface area contributed by atoms with Crippen LogP contribution in [0.2, 0.25) is 0 Å². The number of para-hydroxylation sites is 1. The molecule has 2 rings (SSSR count). The number of hydrogen-bond donors (Lipinski definition) is 1. The fourth-order valence-corrected chi connectivity index (χ4v) is 2.80. The zero-order valence-electron chi connectivity index (χ0n) is 11.9. The van der Waals surface area contributed by atoms with Gasteiger partial charge in [0.05, 0.1) is 7.11 Å². The summed E-state index contributed by atoms with van der Waals surface area (Å²) in [5.41, 5.74) is 1.27.